The van der Waals surface area contributed by atoms with Crippen molar-refractivity contribution in [3.63, 3.8) is 0 Å². The highest BCUT2D eigenvalue weighted by molar-refractivity contribution is 7.09. The lowest BCUT2D eigenvalue weighted by Crippen LogP contribution is -2.36. The van der Waals surface area contributed by atoms with Crippen molar-refractivity contribution in [2.24, 2.45) is 0 Å². The van der Waals surface area contributed by atoms with Crippen LogP contribution in [0.4, 0.5) is 0 Å². The van der Waals surface area contributed by atoms with Crippen LogP contribution in [0.3, 0.4) is 0 Å². The van der Waals surface area contributed by atoms with E-state index in [1.165, 1.54) is 18.3 Å². The van der Waals surface area contributed by atoms with Crippen molar-refractivity contribution in [3.8, 4) is 0 Å². The highest BCUT2D eigenvalue weighted by Crippen LogP contribution is 2.15. The predicted octanol–water partition coefficient (Wildman–Crippen LogP) is 0.521. The highest BCUT2D eigenvalue weighted by atomic mass is 32.1. The summed E-state index contributed by atoms with van der Waals surface area (Å²) in [4.78, 5) is 15.0. The van der Waals surface area contributed by atoms with Crippen molar-refractivity contribution < 1.29 is 15.0 Å². The van der Waals surface area contributed by atoms with E-state index in [4.69, 9.17) is 5.11 Å². The molecule has 66 valence electrons. The highest BCUT2D eigenvalue weighted by Gasteiger charge is 2.30. The normalized spacial score (nSPS) is 15.5. The Morgan fingerprint density at radius 2 is 2.50 bits per heavy atom. The van der Waals surface area contributed by atoms with Gasteiger partial charge in [0.15, 0.2) is 5.60 Å². The predicted molar refractivity (Wildman–Crippen MR) is 44.1 cm³/mol. The fraction of sp³-hybridized carbons (Fsp3) is 0.429. The summed E-state index contributed by atoms with van der Waals surface area (Å²) in [7, 11) is 0. The summed E-state index contributed by atoms with van der Waals surface area (Å²) in [5.74, 6) is -1.21. The molecule has 0 bridgehead atoms. The minimum Gasteiger partial charge on any atom is -0.479 e. The van der Waals surface area contributed by atoms with Crippen LogP contribution in [0, 0.1) is 0 Å². The van der Waals surface area contributed by atoms with Crippen molar-refractivity contribution >= 4 is 17.3 Å². The van der Waals surface area contributed by atoms with E-state index in [1.807, 2.05) is 0 Å². The molecule has 0 saturated heterocycles. The molecule has 0 spiro atoms. The monoisotopic (exact) mass is 187 g/mol. The minimum atomic E-state index is -1.69. The molecule has 1 rings (SSSR count). The Morgan fingerprint density at radius 3 is 2.92 bits per heavy atom. The van der Waals surface area contributed by atoms with Crippen molar-refractivity contribution in [2.75, 3.05) is 0 Å². The summed E-state index contributed by atoms with van der Waals surface area (Å²) in [5.41, 5.74) is -0.0835. The number of hydrogen-bond acceptors (Lipinski definition) is 4. The standard InChI is InChI=1S/C7H9NO3S/c1-7(11,6(9)10)2-5-3-8-4-12-5/h3-4,11H,2H2,1H3,(H,9,10). The molecule has 0 amide bonds. The molecule has 1 heterocycles. The second-order valence-corrected chi connectivity index (χ2v) is 3.69. The zero-order valence-corrected chi connectivity index (χ0v) is 7.34. The van der Waals surface area contributed by atoms with E-state index < -0.39 is 11.6 Å². The van der Waals surface area contributed by atoms with Gasteiger partial charge in [-0.15, -0.1) is 11.3 Å². The third kappa shape index (κ3) is 2.02. The van der Waals surface area contributed by atoms with E-state index in [2.05, 4.69) is 4.98 Å². The number of aliphatic hydroxyl groups is 1. The molecule has 2 N–H and O–H groups in total. The molecule has 0 aliphatic heterocycles. The first-order chi connectivity index (χ1) is 5.52. The van der Waals surface area contributed by atoms with E-state index in [0.717, 1.165) is 4.88 Å². The van der Waals surface area contributed by atoms with Crippen LogP contribution >= 0.6 is 11.3 Å². The third-order valence-corrected chi connectivity index (χ3v) is 2.24. The quantitative estimate of drug-likeness (QED) is 0.723. The zero-order valence-electron chi connectivity index (χ0n) is 6.52. The minimum absolute atomic E-state index is 0.104. The molecule has 0 aliphatic carbocycles. The molecule has 1 unspecified atom stereocenters. The fourth-order valence-corrected chi connectivity index (χ4v) is 1.49. The van der Waals surface area contributed by atoms with E-state index in [1.54, 1.807) is 11.7 Å². The third-order valence-electron chi connectivity index (χ3n) is 1.46. The van der Waals surface area contributed by atoms with Crippen LogP contribution in [-0.2, 0) is 11.2 Å². The van der Waals surface area contributed by atoms with Crippen LogP contribution < -0.4 is 0 Å². The van der Waals surface area contributed by atoms with E-state index in [9.17, 15) is 9.90 Å². The molecule has 5 heteroatoms. The van der Waals surface area contributed by atoms with Crippen molar-refractivity contribution in [3.05, 3.63) is 16.6 Å². The summed E-state index contributed by atoms with van der Waals surface area (Å²) in [6, 6.07) is 0. The number of aromatic nitrogens is 1. The smallest absolute Gasteiger partial charge is 0.335 e. The SMILES string of the molecule is CC(O)(Cc1cncs1)C(=O)O. The Bertz CT molecular complexity index is 268. The number of rotatable bonds is 3. The van der Waals surface area contributed by atoms with Crippen molar-refractivity contribution in [2.45, 2.75) is 18.9 Å². The Balaban J connectivity index is 2.69. The largest absolute Gasteiger partial charge is 0.479 e. The summed E-state index contributed by atoms with van der Waals surface area (Å²) in [6.45, 7) is 1.27. The zero-order chi connectivity index (χ0) is 9.19. The first kappa shape index (κ1) is 9.15. The topological polar surface area (TPSA) is 70.4 Å². The van der Waals surface area contributed by atoms with Crippen LogP contribution in [0.1, 0.15) is 11.8 Å². The molecular weight excluding hydrogens is 178 g/mol. The van der Waals surface area contributed by atoms with Gasteiger partial charge in [-0.3, -0.25) is 4.98 Å². The van der Waals surface area contributed by atoms with Crippen LogP contribution in [0.2, 0.25) is 0 Å². The van der Waals surface area contributed by atoms with Gasteiger partial charge in [0.05, 0.1) is 5.51 Å². The van der Waals surface area contributed by atoms with Gasteiger partial charge in [0.25, 0.3) is 0 Å². The Morgan fingerprint density at radius 1 is 1.83 bits per heavy atom. The van der Waals surface area contributed by atoms with Gasteiger partial charge in [-0.25, -0.2) is 4.79 Å². The maximum Gasteiger partial charge on any atom is 0.335 e. The lowest BCUT2D eigenvalue weighted by molar-refractivity contribution is -0.156. The number of carbonyl (C=O) groups is 1. The van der Waals surface area contributed by atoms with E-state index in [0.29, 0.717) is 0 Å². The number of hydrogen-bond donors (Lipinski definition) is 2. The number of carboxylic acid groups (broad SMARTS) is 1. The van der Waals surface area contributed by atoms with Gasteiger partial charge in [-0.05, 0) is 6.92 Å². The van der Waals surface area contributed by atoms with Crippen LogP contribution in [-0.4, -0.2) is 26.8 Å². The molecule has 1 atom stereocenters. The Hall–Kier alpha value is -0.940. The van der Waals surface area contributed by atoms with Crippen molar-refractivity contribution in [1.82, 2.24) is 4.98 Å². The van der Waals surface area contributed by atoms with Gasteiger partial charge in [0.1, 0.15) is 0 Å². The number of nitrogens with zero attached hydrogens (tertiary/aromatic N) is 1. The second-order valence-electron chi connectivity index (χ2n) is 2.72. The van der Waals surface area contributed by atoms with Crippen molar-refractivity contribution in [1.29, 1.82) is 0 Å². The average Bonchev–Trinajstić information content (AvgIpc) is 2.38. The molecular formula is C7H9NO3S. The molecule has 0 aromatic carbocycles. The summed E-state index contributed by atoms with van der Waals surface area (Å²) in [6.07, 6.45) is 1.66. The summed E-state index contributed by atoms with van der Waals surface area (Å²) >= 11 is 1.33. The number of thiazole rings is 1. The van der Waals surface area contributed by atoms with Crippen LogP contribution in [0.15, 0.2) is 11.7 Å². The van der Waals surface area contributed by atoms with Gasteiger partial charge in [0.2, 0.25) is 0 Å². The molecule has 1 aromatic heterocycles. The second kappa shape index (κ2) is 3.20. The summed E-state index contributed by atoms with van der Waals surface area (Å²) in [5, 5.41) is 17.9. The first-order valence-electron chi connectivity index (χ1n) is 3.35. The van der Waals surface area contributed by atoms with Gasteiger partial charge in [0, 0.05) is 17.5 Å². The Kier molecular flexibility index (Phi) is 2.44. The summed E-state index contributed by atoms with van der Waals surface area (Å²) < 4.78 is 0. The maximum atomic E-state index is 10.5. The average molecular weight is 187 g/mol. The van der Waals surface area contributed by atoms with E-state index >= 15 is 0 Å². The molecule has 0 radical (unpaired) electrons. The maximum absolute atomic E-state index is 10.5. The van der Waals surface area contributed by atoms with Gasteiger partial charge < -0.3 is 10.2 Å². The van der Waals surface area contributed by atoms with Gasteiger partial charge in [-0.2, -0.15) is 0 Å². The molecule has 12 heavy (non-hydrogen) atoms. The fourth-order valence-electron chi connectivity index (χ4n) is 0.744. The lowest BCUT2D eigenvalue weighted by atomic mass is 10.0. The Labute approximate surface area is 73.5 Å². The molecule has 4 nitrogen and oxygen atoms in total. The first-order valence-corrected chi connectivity index (χ1v) is 4.23. The molecule has 0 fully saturated rings. The molecule has 1 aromatic rings. The lowest BCUT2D eigenvalue weighted by Gasteiger charge is -2.15. The number of carboxylic acids is 1. The molecule has 0 saturated carbocycles. The van der Waals surface area contributed by atoms with Crippen LogP contribution in [0.5, 0.6) is 0 Å². The van der Waals surface area contributed by atoms with E-state index in [-0.39, 0.29) is 6.42 Å². The molecule has 0 aliphatic rings. The van der Waals surface area contributed by atoms with Gasteiger partial charge in [-0.1, -0.05) is 0 Å². The van der Waals surface area contributed by atoms with Crippen LogP contribution in [0.25, 0.3) is 0 Å². The number of aliphatic carboxylic acids is 1. The van der Waals surface area contributed by atoms with Gasteiger partial charge >= 0.3 is 5.97 Å².